The molecule has 0 heterocycles. The summed E-state index contributed by atoms with van der Waals surface area (Å²) in [5.74, 6) is 0. The van der Waals surface area contributed by atoms with Gasteiger partial charge in [0.15, 0.2) is 0 Å². The van der Waals surface area contributed by atoms with Crippen molar-refractivity contribution in [3.8, 4) is 6.07 Å². The molecule has 0 radical (unpaired) electrons. The van der Waals surface area contributed by atoms with E-state index in [9.17, 15) is 0 Å². The van der Waals surface area contributed by atoms with Gasteiger partial charge >= 0.3 is 0 Å². The average Bonchev–Trinajstić information content (AvgIpc) is 2.43. The van der Waals surface area contributed by atoms with Crippen LogP contribution >= 0.6 is 0 Å². The molecule has 1 aliphatic carbocycles. The molecule has 0 aromatic heterocycles. The molecule has 0 aromatic rings. The van der Waals surface area contributed by atoms with E-state index < -0.39 is 0 Å². The summed E-state index contributed by atoms with van der Waals surface area (Å²) in [5.41, 5.74) is 0. The first-order valence-corrected chi connectivity index (χ1v) is 3.78. The van der Waals surface area contributed by atoms with Crippen molar-refractivity contribution in [3.63, 3.8) is 0 Å². The molecular formula is C8H15N. The molecule has 1 aliphatic rings. The predicted molar refractivity (Wildman–Crippen MR) is 39.0 cm³/mol. The number of hydrogen-bond donors (Lipinski definition) is 0. The highest BCUT2D eigenvalue weighted by Crippen LogP contribution is 2.15. The van der Waals surface area contributed by atoms with Crippen molar-refractivity contribution >= 4 is 0 Å². The minimum atomic E-state index is 0.625. The van der Waals surface area contributed by atoms with Crippen LogP contribution in [-0.2, 0) is 0 Å². The Bertz CT molecular complexity index is 69.4. The molecule has 1 rings (SSSR count). The Morgan fingerprint density at radius 1 is 1.11 bits per heavy atom. The molecule has 0 amide bonds. The molecule has 1 saturated carbocycles. The van der Waals surface area contributed by atoms with E-state index >= 15 is 0 Å². The second-order valence-corrected chi connectivity index (χ2v) is 2.28. The third-order valence-corrected chi connectivity index (χ3v) is 1.41. The van der Waals surface area contributed by atoms with Gasteiger partial charge in [0.1, 0.15) is 0 Å². The van der Waals surface area contributed by atoms with E-state index in [-0.39, 0.29) is 0 Å². The molecule has 0 aliphatic heterocycles. The van der Waals surface area contributed by atoms with Gasteiger partial charge in [0, 0.05) is 6.42 Å². The van der Waals surface area contributed by atoms with E-state index in [1.54, 1.807) is 0 Å². The van der Waals surface area contributed by atoms with E-state index in [1.807, 2.05) is 13.0 Å². The fourth-order valence-electron chi connectivity index (χ4n) is 0.884. The quantitative estimate of drug-likeness (QED) is 0.488. The van der Waals surface area contributed by atoms with Crippen LogP contribution < -0.4 is 0 Å². The second kappa shape index (κ2) is 7.49. The smallest absolute Gasteiger partial charge is 0.0618 e. The van der Waals surface area contributed by atoms with Crippen molar-refractivity contribution in [2.75, 3.05) is 0 Å². The lowest BCUT2D eigenvalue weighted by molar-refractivity contribution is 0.886. The standard InChI is InChI=1S/C5H10.C3H5N/c1-2-4-5-3-1;1-2-3-4/h1-5H2;2H2,1H3. The highest BCUT2D eigenvalue weighted by Gasteiger charge is 1.95. The van der Waals surface area contributed by atoms with Gasteiger partial charge in [0.2, 0.25) is 0 Å². The number of rotatable bonds is 0. The van der Waals surface area contributed by atoms with Crippen LogP contribution in [0, 0.1) is 11.3 Å². The van der Waals surface area contributed by atoms with Crippen molar-refractivity contribution in [1.29, 1.82) is 5.26 Å². The summed E-state index contributed by atoms with van der Waals surface area (Å²) in [6.45, 7) is 1.82. The zero-order chi connectivity index (χ0) is 6.95. The van der Waals surface area contributed by atoms with Crippen molar-refractivity contribution in [3.05, 3.63) is 0 Å². The molecule has 0 atom stereocenters. The topological polar surface area (TPSA) is 23.8 Å². The summed E-state index contributed by atoms with van der Waals surface area (Å²) in [4.78, 5) is 0. The van der Waals surface area contributed by atoms with Crippen molar-refractivity contribution < 1.29 is 0 Å². The summed E-state index contributed by atoms with van der Waals surface area (Å²) < 4.78 is 0. The zero-order valence-electron chi connectivity index (χ0n) is 6.19. The highest BCUT2D eigenvalue weighted by atomic mass is 14.2. The van der Waals surface area contributed by atoms with E-state index in [4.69, 9.17) is 5.26 Å². The van der Waals surface area contributed by atoms with Crippen molar-refractivity contribution in [1.82, 2.24) is 0 Å². The Morgan fingerprint density at radius 2 is 1.33 bits per heavy atom. The minimum absolute atomic E-state index is 0.625. The van der Waals surface area contributed by atoms with Crippen LogP contribution in [0.3, 0.4) is 0 Å². The maximum Gasteiger partial charge on any atom is 0.0618 e. The first kappa shape index (κ1) is 8.49. The summed E-state index contributed by atoms with van der Waals surface area (Å²) >= 11 is 0. The molecule has 0 aromatic carbocycles. The lowest BCUT2D eigenvalue weighted by Gasteiger charge is -1.67. The monoisotopic (exact) mass is 125 g/mol. The Morgan fingerprint density at radius 3 is 1.44 bits per heavy atom. The van der Waals surface area contributed by atoms with Gasteiger partial charge in [-0.25, -0.2) is 0 Å². The van der Waals surface area contributed by atoms with Crippen LogP contribution in [0.2, 0.25) is 0 Å². The van der Waals surface area contributed by atoms with Crippen molar-refractivity contribution in [2.24, 2.45) is 0 Å². The molecule has 9 heavy (non-hydrogen) atoms. The highest BCUT2D eigenvalue weighted by molar-refractivity contribution is 4.61. The van der Waals surface area contributed by atoms with E-state index in [1.165, 1.54) is 32.1 Å². The van der Waals surface area contributed by atoms with Gasteiger partial charge in [-0.2, -0.15) is 5.26 Å². The molecule has 52 valence electrons. The fourth-order valence-corrected chi connectivity index (χ4v) is 0.884. The molecule has 0 saturated heterocycles. The molecule has 0 N–H and O–H groups in total. The predicted octanol–water partition coefficient (Wildman–Crippen LogP) is 2.87. The Hall–Kier alpha value is -0.510. The third kappa shape index (κ3) is 7.49. The minimum Gasteiger partial charge on any atom is -0.198 e. The van der Waals surface area contributed by atoms with Crippen LogP contribution in [0.1, 0.15) is 45.4 Å². The number of nitrogens with zero attached hydrogens (tertiary/aromatic N) is 1. The van der Waals surface area contributed by atoms with E-state index in [0.717, 1.165) is 0 Å². The normalized spacial score (nSPS) is 15.6. The zero-order valence-corrected chi connectivity index (χ0v) is 6.19. The van der Waals surface area contributed by atoms with Crippen LogP contribution in [-0.4, -0.2) is 0 Å². The summed E-state index contributed by atoms with van der Waals surface area (Å²) in [5, 5.41) is 7.62. The molecule has 0 bridgehead atoms. The summed E-state index contributed by atoms with van der Waals surface area (Å²) in [7, 11) is 0. The molecule has 0 unspecified atom stereocenters. The van der Waals surface area contributed by atoms with E-state index in [2.05, 4.69) is 0 Å². The Labute approximate surface area is 57.7 Å². The van der Waals surface area contributed by atoms with Crippen LogP contribution in [0.5, 0.6) is 0 Å². The third-order valence-electron chi connectivity index (χ3n) is 1.41. The average molecular weight is 125 g/mol. The van der Waals surface area contributed by atoms with Gasteiger partial charge < -0.3 is 0 Å². The number of hydrogen-bond acceptors (Lipinski definition) is 1. The first-order valence-electron chi connectivity index (χ1n) is 3.78. The summed E-state index contributed by atoms with van der Waals surface area (Å²) in [6.07, 6.45) is 8.12. The van der Waals surface area contributed by atoms with Gasteiger partial charge in [-0.15, -0.1) is 0 Å². The first-order chi connectivity index (χ1) is 4.41. The largest absolute Gasteiger partial charge is 0.198 e. The van der Waals surface area contributed by atoms with E-state index in [0.29, 0.717) is 6.42 Å². The summed E-state index contributed by atoms with van der Waals surface area (Å²) in [6, 6.07) is 1.93. The molecule has 1 heteroatoms. The Balaban J connectivity index is 0.000000148. The van der Waals surface area contributed by atoms with Gasteiger partial charge in [-0.3, -0.25) is 0 Å². The van der Waals surface area contributed by atoms with Crippen LogP contribution in [0.25, 0.3) is 0 Å². The molecule has 0 spiro atoms. The lowest BCUT2D eigenvalue weighted by atomic mass is 10.4. The lowest BCUT2D eigenvalue weighted by Crippen LogP contribution is -1.47. The second-order valence-electron chi connectivity index (χ2n) is 2.28. The van der Waals surface area contributed by atoms with Crippen LogP contribution in [0.4, 0.5) is 0 Å². The maximum atomic E-state index is 7.62. The molecule has 1 nitrogen and oxygen atoms in total. The maximum absolute atomic E-state index is 7.62. The SMILES string of the molecule is C1CCCC1.CCC#N. The molecule has 1 fully saturated rings. The number of nitriles is 1. The fraction of sp³-hybridized carbons (Fsp3) is 0.875. The van der Waals surface area contributed by atoms with Gasteiger partial charge in [-0.1, -0.05) is 39.0 Å². The molecular weight excluding hydrogens is 110 g/mol. The van der Waals surface area contributed by atoms with Crippen molar-refractivity contribution in [2.45, 2.75) is 45.4 Å². The van der Waals surface area contributed by atoms with Gasteiger partial charge in [0.25, 0.3) is 0 Å². The van der Waals surface area contributed by atoms with Gasteiger partial charge in [-0.05, 0) is 0 Å². The van der Waals surface area contributed by atoms with Gasteiger partial charge in [0.05, 0.1) is 6.07 Å². The van der Waals surface area contributed by atoms with Crippen LogP contribution in [0.15, 0.2) is 0 Å². The Kier molecular flexibility index (Phi) is 7.07.